The zero-order valence-electron chi connectivity index (χ0n) is 15.2. The molecule has 0 spiro atoms. The topological polar surface area (TPSA) is 84.0 Å². The molecule has 1 aliphatic heterocycles. The predicted molar refractivity (Wildman–Crippen MR) is 103 cm³/mol. The number of anilines is 1. The van der Waals surface area contributed by atoms with Crippen LogP contribution in [-0.4, -0.2) is 31.5 Å². The van der Waals surface area contributed by atoms with Crippen LogP contribution >= 0.6 is 0 Å². The normalized spacial score (nSPS) is 15.6. The first-order chi connectivity index (χ1) is 13.5. The average Bonchev–Trinajstić information content (AvgIpc) is 3.43. The summed E-state index contributed by atoms with van der Waals surface area (Å²) in [6.45, 7) is 1.07. The third kappa shape index (κ3) is 3.82. The third-order valence-corrected chi connectivity index (χ3v) is 6.51. The Hall–Kier alpha value is -3.00. The van der Waals surface area contributed by atoms with E-state index in [1.54, 1.807) is 53.8 Å². The van der Waals surface area contributed by atoms with E-state index >= 15 is 0 Å². The summed E-state index contributed by atoms with van der Waals surface area (Å²) >= 11 is 0. The Morgan fingerprint density at radius 3 is 2.04 bits per heavy atom. The number of hydrogen-bond acceptors (Lipinski definition) is 5. The van der Waals surface area contributed by atoms with Crippen molar-refractivity contribution in [1.82, 2.24) is 4.90 Å². The van der Waals surface area contributed by atoms with E-state index in [0.717, 1.165) is 0 Å². The number of hydrogen-bond donors (Lipinski definition) is 0. The summed E-state index contributed by atoms with van der Waals surface area (Å²) in [5, 5.41) is 0. The van der Waals surface area contributed by atoms with E-state index < -0.39 is 10.0 Å². The number of amides is 1. The lowest BCUT2D eigenvalue weighted by atomic mass is 10.1. The lowest BCUT2D eigenvalue weighted by molar-refractivity contribution is 0.0705. The van der Waals surface area contributed by atoms with Crippen LogP contribution in [0.5, 0.6) is 0 Å². The molecular weight excluding hydrogens is 380 g/mol. The molecule has 1 saturated heterocycles. The van der Waals surface area contributed by atoms with Crippen molar-refractivity contribution in [3.05, 3.63) is 78.1 Å². The molecule has 1 aliphatic rings. The van der Waals surface area contributed by atoms with Crippen LogP contribution in [-0.2, 0) is 23.1 Å². The number of carbonyl (C=O) groups excluding carboxylic acids is 1. The molecule has 8 heteroatoms. The molecule has 7 nitrogen and oxygen atoms in total. The Labute approximate surface area is 163 Å². The molecule has 1 amide bonds. The van der Waals surface area contributed by atoms with Crippen molar-refractivity contribution in [2.75, 3.05) is 16.6 Å². The highest BCUT2D eigenvalue weighted by molar-refractivity contribution is 7.93. The number of furan rings is 2. The Kier molecular flexibility index (Phi) is 4.95. The molecule has 0 saturated carbocycles. The van der Waals surface area contributed by atoms with Crippen LogP contribution in [0.15, 0.2) is 69.9 Å². The van der Waals surface area contributed by atoms with Gasteiger partial charge in [-0.05, 0) is 55.0 Å². The van der Waals surface area contributed by atoms with Gasteiger partial charge in [-0.1, -0.05) is 0 Å². The fourth-order valence-corrected chi connectivity index (χ4v) is 4.83. The summed E-state index contributed by atoms with van der Waals surface area (Å²) in [6.07, 6.45) is 3.75. The van der Waals surface area contributed by atoms with Gasteiger partial charge in [-0.15, -0.1) is 0 Å². The van der Waals surface area contributed by atoms with Crippen LogP contribution in [0.2, 0.25) is 0 Å². The van der Waals surface area contributed by atoms with Crippen LogP contribution in [0.25, 0.3) is 0 Å². The molecule has 0 bridgehead atoms. The fourth-order valence-electron chi connectivity index (χ4n) is 3.26. The molecule has 3 heterocycles. The zero-order valence-corrected chi connectivity index (χ0v) is 16.0. The average molecular weight is 400 g/mol. The van der Waals surface area contributed by atoms with Crippen molar-refractivity contribution in [3.63, 3.8) is 0 Å². The van der Waals surface area contributed by atoms with Crippen molar-refractivity contribution in [1.29, 1.82) is 0 Å². The molecule has 0 unspecified atom stereocenters. The minimum Gasteiger partial charge on any atom is -0.467 e. The first-order valence-electron chi connectivity index (χ1n) is 8.97. The maximum atomic E-state index is 13.1. The summed E-state index contributed by atoms with van der Waals surface area (Å²) in [4.78, 5) is 14.7. The molecule has 1 fully saturated rings. The van der Waals surface area contributed by atoms with Gasteiger partial charge in [0.05, 0.1) is 37.1 Å². The summed E-state index contributed by atoms with van der Waals surface area (Å²) in [5.74, 6) is 1.30. The minimum absolute atomic E-state index is 0.160. The molecular formula is C20H20N2O5S. The van der Waals surface area contributed by atoms with E-state index in [-0.39, 0.29) is 11.7 Å². The van der Waals surface area contributed by atoms with Crippen LogP contribution in [0.3, 0.4) is 0 Å². The number of carbonyl (C=O) groups is 1. The number of benzene rings is 1. The summed E-state index contributed by atoms with van der Waals surface area (Å²) < 4.78 is 36.3. The van der Waals surface area contributed by atoms with Gasteiger partial charge in [-0.3, -0.25) is 9.10 Å². The van der Waals surface area contributed by atoms with Gasteiger partial charge in [0.15, 0.2) is 0 Å². The Balaban J connectivity index is 1.55. The molecule has 1 aromatic carbocycles. The van der Waals surface area contributed by atoms with E-state index in [0.29, 0.717) is 48.8 Å². The largest absolute Gasteiger partial charge is 0.467 e. The second kappa shape index (κ2) is 7.55. The summed E-state index contributed by atoms with van der Waals surface area (Å²) in [6, 6.07) is 13.8. The second-order valence-corrected chi connectivity index (χ2v) is 8.62. The first kappa shape index (κ1) is 18.4. The molecule has 28 heavy (non-hydrogen) atoms. The Bertz CT molecular complexity index is 989. The molecule has 0 aliphatic carbocycles. The maximum Gasteiger partial charge on any atom is 0.254 e. The fraction of sp³-hybridized carbons (Fsp3) is 0.250. The van der Waals surface area contributed by atoms with Gasteiger partial charge < -0.3 is 13.7 Å². The predicted octanol–water partition coefficient (Wildman–Crippen LogP) is 3.26. The van der Waals surface area contributed by atoms with Gasteiger partial charge in [0, 0.05) is 12.1 Å². The van der Waals surface area contributed by atoms with E-state index in [1.165, 1.54) is 4.31 Å². The van der Waals surface area contributed by atoms with Crippen LogP contribution < -0.4 is 4.31 Å². The lowest BCUT2D eigenvalue weighted by Crippen LogP contribution is -2.30. The second-order valence-electron chi connectivity index (χ2n) is 6.61. The van der Waals surface area contributed by atoms with E-state index in [4.69, 9.17) is 8.83 Å². The van der Waals surface area contributed by atoms with Gasteiger partial charge in [0.1, 0.15) is 11.5 Å². The SMILES string of the molecule is O=C(c1ccc(N2CCCS2(=O)=O)cc1)N(Cc1ccco1)Cc1ccco1. The molecule has 3 aromatic rings. The highest BCUT2D eigenvalue weighted by Crippen LogP contribution is 2.25. The highest BCUT2D eigenvalue weighted by Gasteiger charge is 2.28. The number of nitrogens with zero attached hydrogens (tertiary/aromatic N) is 2. The first-order valence-corrected chi connectivity index (χ1v) is 10.6. The van der Waals surface area contributed by atoms with Crippen LogP contribution in [0, 0.1) is 0 Å². The van der Waals surface area contributed by atoms with Crippen LogP contribution in [0.4, 0.5) is 5.69 Å². The molecule has 2 aromatic heterocycles. The van der Waals surface area contributed by atoms with Gasteiger partial charge in [0.2, 0.25) is 10.0 Å². The Morgan fingerprint density at radius 2 is 1.57 bits per heavy atom. The van der Waals surface area contributed by atoms with Crippen molar-refractivity contribution in [2.24, 2.45) is 0 Å². The van der Waals surface area contributed by atoms with Crippen molar-refractivity contribution < 1.29 is 22.0 Å². The summed E-state index contributed by atoms with van der Waals surface area (Å²) in [7, 11) is -3.24. The molecule has 146 valence electrons. The van der Waals surface area contributed by atoms with Crippen molar-refractivity contribution in [3.8, 4) is 0 Å². The van der Waals surface area contributed by atoms with Crippen molar-refractivity contribution >= 4 is 21.6 Å². The lowest BCUT2D eigenvalue weighted by Gasteiger charge is -2.21. The van der Waals surface area contributed by atoms with Gasteiger partial charge >= 0.3 is 0 Å². The smallest absolute Gasteiger partial charge is 0.254 e. The van der Waals surface area contributed by atoms with Gasteiger partial charge in [-0.2, -0.15) is 0 Å². The zero-order chi connectivity index (χ0) is 19.6. The van der Waals surface area contributed by atoms with E-state index in [2.05, 4.69) is 0 Å². The quantitative estimate of drug-likeness (QED) is 0.634. The van der Waals surface area contributed by atoms with Crippen LogP contribution in [0.1, 0.15) is 28.3 Å². The highest BCUT2D eigenvalue weighted by atomic mass is 32.2. The Morgan fingerprint density at radius 1 is 0.964 bits per heavy atom. The molecule has 0 radical (unpaired) electrons. The standard InChI is InChI=1S/C20H20N2O5S/c23-20(16-6-8-17(9-7-16)22-10-3-13-28(22,24)25)21(14-18-4-1-11-26-18)15-19-5-2-12-27-19/h1-2,4-9,11-12H,3,10,13-15H2. The maximum absolute atomic E-state index is 13.1. The van der Waals surface area contributed by atoms with Crippen molar-refractivity contribution in [2.45, 2.75) is 19.5 Å². The number of rotatable bonds is 6. The van der Waals surface area contributed by atoms with E-state index in [9.17, 15) is 13.2 Å². The third-order valence-electron chi connectivity index (χ3n) is 4.64. The van der Waals surface area contributed by atoms with Gasteiger partial charge in [-0.25, -0.2) is 8.42 Å². The molecule has 4 rings (SSSR count). The molecule has 0 N–H and O–H groups in total. The summed E-state index contributed by atoms with van der Waals surface area (Å²) in [5.41, 5.74) is 1.05. The monoisotopic (exact) mass is 400 g/mol. The number of sulfonamides is 1. The van der Waals surface area contributed by atoms with Gasteiger partial charge in [0.25, 0.3) is 5.91 Å². The molecule has 0 atom stereocenters. The van der Waals surface area contributed by atoms with E-state index in [1.807, 2.05) is 12.1 Å². The minimum atomic E-state index is -3.24.